The maximum absolute atomic E-state index is 11.1. The molecule has 3 atom stereocenters. The molecule has 70 valence electrons. The fourth-order valence-corrected chi connectivity index (χ4v) is 0.738. The van der Waals surface area contributed by atoms with E-state index in [4.69, 9.17) is 5.11 Å². The van der Waals surface area contributed by atoms with Crippen LogP contribution in [0.2, 0.25) is 0 Å². The van der Waals surface area contributed by atoms with Crippen molar-refractivity contribution in [1.29, 1.82) is 0 Å². The zero-order chi connectivity index (χ0) is 9.72. The van der Waals surface area contributed by atoms with Crippen LogP contribution in [0.5, 0.6) is 0 Å². The third-order valence-corrected chi connectivity index (χ3v) is 2.24. The first-order valence-corrected chi connectivity index (χ1v) is 4.54. The molecule has 5 heteroatoms. The highest BCUT2D eigenvalue weighted by atomic mass is 31.0. The van der Waals surface area contributed by atoms with Crippen LogP contribution in [0.3, 0.4) is 0 Å². The van der Waals surface area contributed by atoms with E-state index < -0.39 is 12.0 Å². The number of rotatable bonds is 4. The van der Waals surface area contributed by atoms with E-state index >= 15 is 0 Å². The lowest BCUT2D eigenvalue weighted by Crippen LogP contribution is -2.41. The van der Waals surface area contributed by atoms with E-state index in [1.54, 1.807) is 6.92 Å². The first-order chi connectivity index (χ1) is 5.49. The normalized spacial score (nSPS) is 14.9. The predicted octanol–water partition coefficient (Wildman–Crippen LogP) is 0.0869. The smallest absolute Gasteiger partial charge is 0.325 e. The number of carbonyl (C=O) groups is 2. The first kappa shape index (κ1) is 11.4. The summed E-state index contributed by atoms with van der Waals surface area (Å²) in [5, 5.41) is 10.8. The average molecular weight is 191 g/mol. The molecule has 0 bridgehead atoms. The summed E-state index contributed by atoms with van der Waals surface area (Å²) in [4.78, 5) is 21.4. The van der Waals surface area contributed by atoms with Crippen LogP contribution in [0.25, 0.3) is 0 Å². The number of aliphatic carboxylic acids is 1. The summed E-state index contributed by atoms with van der Waals surface area (Å²) in [6, 6.07) is -0.809. The summed E-state index contributed by atoms with van der Waals surface area (Å²) >= 11 is 0. The highest BCUT2D eigenvalue weighted by Gasteiger charge is 2.17. The van der Waals surface area contributed by atoms with Crippen molar-refractivity contribution in [2.24, 2.45) is 5.92 Å². The van der Waals surface area contributed by atoms with Crippen molar-refractivity contribution in [1.82, 2.24) is 5.32 Å². The molecule has 0 aromatic carbocycles. The quantitative estimate of drug-likeness (QED) is 0.619. The van der Waals surface area contributed by atoms with Crippen LogP contribution in [0, 0.1) is 5.92 Å². The Kier molecular flexibility index (Phi) is 4.83. The van der Waals surface area contributed by atoms with E-state index in [2.05, 4.69) is 14.6 Å². The summed E-state index contributed by atoms with van der Waals surface area (Å²) in [6.45, 7) is 3.19. The molecule has 0 heterocycles. The zero-order valence-electron chi connectivity index (χ0n) is 7.20. The van der Waals surface area contributed by atoms with Crippen LogP contribution >= 0.6 is 9.24 Å². The van der Waals surface area contributed by atoms with E-state index in [0.717, 1.165) is 0 Å². The number of carbonyl (C=O) groups excluding carboxylic acids is 1. The number of nitrogens with one attached hydrogen (secondary N) is 1. The minimum atomic E-state index is -1.01. The van der Waals surface area contributed by atoms with Crippen molar-refractivity contribution < 1.29 is 14.7 Å². The Morgan fingerprint density at radius 2 is 2.00 bits per heavy atom. The van der Waals surface area contributed by atoms with Crippen LogP contribution in [0.4, 0.5) is 0 Å². The van der Waals surface area contributed by atoms with Gasteiger partial charge in [-0.25, -0.2) is 0 Å². The molecule has 0 saturated carbocycles. The van der Waals surface area contributed by atoms with E-state index in [-0.39, 0.29) is 11.8 Å². The van der Waals surface area contributed by atoms with Crippen molar-refractivity contribution in [3.05, 3.63) is 0 Å². The Labute approximate surface area is 73.9 Å². The van der Waals surface area contributed by atoms with Crippen LogP contribution in [-0.2, 0) is 9.59 Å². The van der Waals surface area contributed by atoms with Crippen LogP contribution in [-0.4, -0.2) is 29.2 Å². The number of hydrogen-bond donors (Lipinski definition) is 2. The summed E-state index contributed by atoms with van der Waals surface area (Å²) in [5.41, 5.74) is 0. The van der Waals surface area contributed by atoms with Crippen molar-refractivity contribution >= 4 is 21.1 Å². The predicted molar refractivity (Wildman–Crippen MR) is 49.0 cm³/mol. The molecule has 0 fully saturated rings. The third-order valence-electron chi connectivity index (χ3n) is 1.53. The maximum atomic E-state index is 11.1. The Bertz CT molecular complexity index is 183. The minimum absolute atomic E-state index is 0.156. The van der Waals surface area contributed by atoms with Gasteiger partial charge >= 0.3 is 5.97 Å². The molecule has 0 radical (unpaired) electrons. The second-order valence-electron chi connectivity index (χ2n) is 2.71. The fraction of sp³-hybridized carbons (Fsp3) is 0.714. The van der Waals surface area contributed by atoms with Gasteiger partial charge in [-0.15, -0.1) is 9.24 Å². The summed E-state index contributed by atoms with van der Waals surface area (Å²) in [7, 11) is 2.44. The summed E-state index contributed by atoms with van der Waals surface area (Å²) in [5.74, 6) is -1.39. The van der Waals surface area contributed by atoms with Gasteiger partial charge < -0.3 is 10.4 Å². The molecule has 0 aliphatic rings. The van der Waals surface area contributed by atoms with E-state index in [1.165, 1.54) is 6.92 Å². The molecule has 3 unspecified atom stereocenters. The van der Waals surface area contributed by atoms with Gasteiger partial charge in [0.15, 0.2) is 0 Å². The standard InChI is InChI=1S/C7H14NO3P/c1-4(3-12)6(9)8-5(2)7(10)11/h4-5H,3,12H2,1-2H3,(H,8,9)(H,10,11). The van der Waals surface area contributed by atoms with Crippen LogP contribution < -0.4 is 5.32 Å². The molecule has 0 saturated heterocycles. The summed E-state index contributed by atoms with van der Waals surface area (Å²) < 4.78 is 0. The lowest BCUT2D eigenvalue weighted by Gasteiger charge is -2.12. The highest BCUT2D eigenvalue weighted by Crippen LogP contribution is 2.00. The van der Waals surface area contributed by atoms with Crippen LogP contribution in [0.1, 0.15) is 13.8 Å². The minimum Gasteiger partial charge on any atom is -0.480 e. The van der Waals surface area contributed by atoms with Gasteiger partial charge in [0.25, 0.3) is 0 Å². The molecular weight excluding hydrogens is 177 g/mol. The lowest BCUT2D eigenvalue weighted by molar-refractivity contribution is -0.141. The van der Waals surface area contributed by atoms with E-state index in [1.807, 2.05) is 0 Å². The van der Waals surface area contributed by atoms with Gasteiger partial charge in [0.2, 0.25) is 5.91 Å². The summed E-state index contributed by atoms with van der Waals surface area (Å²) in [6.07, 6.45) is 0.637. The SMILES string of the molecule is CC(CP)C(=O)NC(C)C(=O)O. The lowest BCUT2D eigenvalue weighted by atomic mass is 10.2. The average Bonchev–Trinajstić information content (AvgIpc) is 2.02. The van der Waals surface area contributed by atoms with Gasteiger partial charge in [0, 0.05) is 5.92 Å². The molecule has 4 nitrogen and oxygen atoms in total. The Balaban J connectivity index is 3.92. The second kappa shape index (κ2) is 5.09. The molecule has 0 aliphatic carbocycles. The molecule has 1 amide bonds. The number of carboxylic acid groups (broad SMARTS) is 1. The largest absolute Gasteiger partial charge is 0.480 e. The Morgan fingerprint density at radius 1 is 1.50 bits per heavy atom. The molecule has 12 heavy (non-hydrogen) atoms. The fourth-order valence-electron chi connectivity index (χ4n) is 0.524. The van der Waals surface area contributed by atoms with Gasteiger partial charge in [-0.2, -0.15) is 0 Å². The van der Waals surface area contributed by atoms with Crippen molar-refractivity contribution in [3.63, 3.8) is 0 Å². The van der Waals surface area contributed by atoms with Gasteiger partial charge in [0.1, 0.15) is 6.04 Å². The maximum Gasteiger partial charge on any atom is 0.325 e. The molecule has 0 aromatic heterocycles. The molecule has 2 N–H and O–H groups in total. The monoisotopic (exact) mass is 191 g/mol. The molecule has 0 aromatic rings. The molecular formula is C7H14NO3P. The van der Waals surface area contributed by atoms with Crippen molar-refractivity contribution in [3.8, 4) is 0 Å². The van der Waals surface area contributed by atoms with Crippen molar-refractivity contribution in [2.45, 2.75) is 19.9 Å². The van der Waals surface area contributed by atoms with Gasteiger partial charge in [-0.3, -0.25) is 9.59 Å². The number of carboxylic acids is 1. The molecule has 0 rings (SSSR count). The van der Waals surface area contributed by atoms with Gasteiger partial charge in [0.05, 0.1) is 0 Å². The molecule has 0 aliphatic heterocycles. The highest BCUT2D eigenvalue weighted by molar-refractivity contribution is 7.16. The topological polar surface area (TPSA) is 66.4 Å². The molecule has 0 spiro atoms. The second-order valence-corrected chi connectivity index (χ2v) is 3.18. The van der Waals surface area contributed by atoms with Crippen molar-refractivity contribution in [2.75, 3.05) is 6.16 Å². The zero-order valence-corrected chi connectivity index (χ0v) is 8.36. The Morgan fingerprint density at radius 3 is 2.33 bits per heavy atom. The van der Waals surface area contributed by atoms with E-state index in [0.29, 0.717) is 6.16 Å². The van der Waals surface area contributed by atoms with Crippen LogP contribution in [0.15, 0.2) is 0 Å². The van der Waals surface area contributed by atoms with Gasteiger partial charge in [-0.05, 0) is 13.1 Å². The number of amides is 1. The van der Waals surface area contributed by atoms with Gasteiger partial charge in [-0.1, -0.05) is 6.92 Å². The first-order valence-electron chi connectivity index (χ1n) is 3.72. The Hall–Kier alpha value is -0.630. The third kappa shape index (κ3) is 3.67. The van der Waals surface area contributed by atoms with E-state index in [9.17, 15) is 9.59 Å². The number of hydrogen-bond acceptors (Lipinski definition) is 2.